The van der Waals surface area contributed by atoms with Crippen LogP contribution in [-0.2, 0) is 11.3 Å². The summed E-state index contributed by atoms with van der Waals surface area (Å²) >= 11 is 8.04. The highest BCUT2D eigenvalue weighted by Crippen LogP contribution is 2.17. The molecule has 1 N–H and O–H groups in total. The summed E-state index contributed by atoms with van der Waals surface area (Å²) in [5.41, 5.74) is 1.03. The molecule has 0 aliphatic rings. The van der Waals surface area contributed by atoms with Crippen molar-refractivity contribution in [1.82, 2.24) is 5.32 Å². The van der Waals surface area contributed by atoms with Gasteiger partial charge in [0.05, 0.1) is 6.61 Å². The Morgan fingerprint density at radius 3 is 2.94 bits per heavy atom. The van der Waals surface area contributed by atoms with Gasteiger partial charge in [0.25, 0.3) is 0 Å². The second-order valence-electron chi connectivity index (χ2n) is 3.58. The maximum absolute atomic E-state index is 11.3. The van der Waals surface area contributed by atoms with Gasteiger partial charge < -0.3 is 10.1 Å². The molecule has 0 fully saturated rings. The molecule has 1 aromatic carbocycles. The highest BCUT2D eigenvalue weighted by molar-refractivity contribution is 14.1. The van der Waals surface area contributed by atoms with Gasteiger partial charge in [0, 0.05) is 15.1 Å². The first kappa shape index (κ1) is 14.6. The Morgan fingerprint density at radius 2 is 2.29 bits per heavy atom. The van der Waals surface area contributed by atoms with Crippen LogP contribution in [0.1, 0.15) is 25.3 Å². The van der Waals surface area contributed by atoms with E-state index < -0.39 is 0 Å². The van der Waals surface area contributed by atoms with Gasteiger partial charge in [-0.05, 0) is 46.7 Å². The van der Waals surface area contributed by atoms with E-state index in [0.29, 0.717) is 18.2 Å². The first-order valence-electron chi connectivity index (χ1n) is 5.48. The molecule has 0 heterocycles. The minimum atomic E-state index is -0.371. The van der Waals surface area contributed by atoms with E-state index in [4.69, 9.17) is 16.3 Å². The van der Waals surface area contributed by atoms with E-state index in [2.05, 4.69) is 34.8 Å². The maximum atomic E-state index is 11.3. The fraction of sp³-hybridized carbons (Fsp3) is 0.417. The minimum absolute atomic E-state index is 0.371. The number of benzene rings is 1. The van der Waals surface area contributed by atoms with Gasteiger partial charge in [-0.2, -0.15) is 0 Å². The summed E-state index contributed by atoms with van der Waals surface area (Å²) in [7, 11) is 0. The van der Waals surface area contributed by atoms with Crippen LogP contribution in [0.5, 0.6) is 0 Å². The van der Waals surface area contributed by atoms with Crippen molar-refractivity contribution < 1.29 is 9.53 Å². The molecule has 1 amide bonds. The maximum Gasteiger partial charge on any atom is 0.407 e. The average molecular weight is 368 g/mol. The van der Waals surface area contributed by atoms with Gasteiger partial charge in [0.2, 0.25) is 0 Å². The first-order valence-corrected chi connectivity index (χ1v) is 6.93. The Balaban J connectivity index is 2.37. The molecule has 0 spiro atoms. The topological polar surface area (TPSA) is 38.3 Å². The molecule has 1 rings (SSSR count). The Hall–Kier alpha value is -0.490. The van der Waals surface area contributed by atoms with Gasteiger partial charge in [-0.3, -0.25) is 0 Å². The van der Waals surface area contributed by atoms with Gasteiger partial charge in [0.15, 0.2) is 0 Å². The van der Waals surface area contributed by atoms with E-state index in [1.807, 2.05) is 18.2 Å². The van der Waals surface area contributed by atoms with E-state index in [1.165, 1.54) is 0 Å². The van der Waals surface area contributed by atoms with Crippen LogP contribution in [0.25, 0.3) is 0 Å². The number of hydrogen-bond acceptors (Lipinski definition) is 2. The van der Waals surface area contributed by atoms with Crippen molar-refractivity contribution in [3.8, 4) is 0 Å². The zero-order valence-corrected chi connectivity index (χ0v) is 12.5. The van der Waals surface area contributed by atoms with Crippen molar-refractivity contribution in [3.63, 3.8) is 0 Å². The van der Waals surface area contributed by atoms with Gasteiger partial charge in [-0.25, -0.2) is 4.79 Å². The van der Waals surface area contributed by atoms with E-state index >= 15 is 0 Å². The zero-order chi connectivity index (χ0) is 12.7. The second-order valence-corrected chi connectivity index (χ2v) is 5.18. The van der Waals surface area contributed by atoms with Crippen molar-refractivity contribution in [2.24, 2.45) is 0 Å². The van der Waals surface area contributed by atoms with E-state index in [-0.39, 0.29) is 6.09 Å². The lowest BCUT2D eigenvalue weighted by molar-refractivity contribution is 0.144. The Kier molecular flexibility index (Phi) is 6.65. The molecule has 1 aromatic rings. The van der Waals surface area contributed by atoms with Crippen LogP contribution in [0.3, 0.4) is 0 Å². The van der Waals surface area contributed by atoms with Crippen LogP contribution in [-0.4, -0.2) is 12.7 Å². The minimum Gasteiger partial charge on any atom is -0.450 e. The number of alkyl carbamates (subject to hydrolysis) is 1. The number of nitrogens with one attached hydrogen (secondary N) is 1. The molecule has 0 saturated heterocycles. The summed E-state index contributed by atoms with van der Waals surface area (Å²) in [4.78, 5) is 11.3. The third-order valence-corrected chi connectivity index (χ3v) is 3.41. The third kappa shape index (κ3) is 5.59. The van der Waals surface area contributed by atoms with Crippen molar-refractivity contribution in [1.29, 1.82) is 0 Å². The van der Waals surface area contributed by atoms with E-state index in [1.54, 1.807) is 0 Å². The molecule has 5 heteroatoms. The lowest BCUT2D eigenvalue weighted by atomic mass is 10.2. The molecule has 0 saturated carbocycles. The van der Waals surface area contributed by atoms with Crippen molar-refractivity contribution >= 4 is 40.3 Å². The summed E-state index contributed by atoms with van der Waals surface area (Å²) < 4.78 is 6.02. The summed E-state index contributed by atoms with van der Waals surface area (Å²) in [5, 5.41) is 3.41. The lowest BCUT2D eigenvalue weighted by Crippen LogP contribution is -2.24. The van der Waals surface area contributed by atoms with E-state index in [0.717, 1.165) is 22.0 Å². The number of rotatable bonds is 5. The van der Waals surface area contributed by atoms with Crippen LogP contribution in [0.4, 0.5) is 4.79 Å². The van der Waals surface area contributed by atoms with Gasteiger partial charge in [0.1, 0.15) is 0 Å². The molecule has 0 aromatic heterocycles. The number of amides is 1. The summed E-state index contributed by atoms with van der Waals surface area (Å²) in [6.45, 7) is 2.98. The number of carbonyl (C=O) groups excluding carboxylic acids is 1. The van der Waals surface area contributed by atoms with Gasteiger partial charge >= 0.3 is 6.09 Å². The van der Waals surface area contributed by atoms with Crippen LogP contribution in [0, 0.1) is 3.57 Å². The van der Waals surface area contributed by atoms with Crippen molar-refractivity contribution in [3.05, 3.63) is 32.4 Å². The van der Waals surface area contributed by atoms with Crippen LogP contribution in [0.15, 0.2) is 18.2 Å². The fourth-order valence-electron chi connectivity index (χ4n) is 1.19. The predicted octanol–water partition coefficient (Wildman–Crippen LogP) is 3.97. The number of halogens is 2. The summed E-state index contributed by atoms with van der Waals surface area (Å²) in [6, 6.07) is 5.57. The molecular weight excluding hydrogens is 352 g/mol. The summed E-state index contributed by atoms with van der Waals surface area (Å²) in [5.74, 6) is 0. The molecule has 0 unspecified atom stereocenters. The van der Waals surface area contributed by atoms with Crippen molar-refractivity contribution in [2.75, 3.05) is 6.61 Å². The number of hydrogen-bond donors (Lipinski definition) is 1. The third-order valence-electron chi connectivity index (χ3n) is 2.17. The Morgan fingerprint density at radius 1 is 1.53 bits per heavy atom. The van der Waals surface area contributed by atoms with Crippen LogP contribution in [0.2, 0.25) is 5.02 Å². The molecular formula is C12H15ClINO2. The second kappa shape index (κ2) is 7.76. The van der Waals surface area contributed by atoms with Gasteiger partial charge in [-0.15, -0.1) is 0 Å². The van der Waals surface area contributed by atoms with Crippen LogP contribution >= 0.6 is 34.2 Å². The Labute approximate surface area is 120 Å². The zero-order valence-electron chi connectivity index (χ0n) is 9.63. The number of unbranched alkanes of at least 4 members (excludes halogenated alkanes) is 1. The Bertz CT molecular complexity index is 385. The SMILES string of the molecule is CCCCOC(=O)NCc1ccc(Cl)cc1I. The molecule has 0 radical (unpaired) electrons. The highest BCUT2D eigenvalue weighted by atomic mass is 127. The smallest absolute Gasteiger partial charge is 0.407 e. The quantitative estimate of drug-likeness (QED) is 0.632. The van der Waals surface area contributed by atoms with Gasteiger partial charge in [-0.1, -0.05) is 31.0 Å². The average Bonchev–Trinajstić information content (AvgIpc) is 2.28. The standard InChI is InChI=1S/C12H15ClINO2/c1-2-3-6-17-12(16)15-8-9-4-5-10(13)7-11(9)14/h4-5,7H,2-3,6,8H2,1H3,(H,15,16). The van der Waals surface area contributed by atoms with Crippen LogP contribution < -0.4 is 5.32 Å². The molecule has 0 atom stereocenters. The number of ether oxygens (including phenoxy) is 1. The predicted molar refractivity (Wildman–Crippen MR) is 77.3 cm³/mol. The largest absolute Gasteiger partial charge is 0.450 e. The molecule has 94 valence electrons. The highest BCUT2D eigenvalue weighted by Gasteiger charge is 2.04. The fourth-order valence-corrected chi connectivity index (χ4v) is 2.25. The molecule has 3 nitrogen and oxygen atoms in total. The lowest BCUT2D eigenvalue weighted by Gasteiger charge is -2.08. The summed E-state index contributed by atoms with van der Waals surface area (Å²) in [6.07, 6.45) is 1.54. The molecule has 17 heavy (non-hydrogen) atoms. The molecule has 0 bridgehead atoms. The normalized spacial score (nSPS) is 10.1. The van der Waals surface area contributed by atoms with Crippen molar-refractivity contribution in [2.45, 2.75) is 26.3 Å². The molecule has 0 aliphatic carbocycles. The number of carbonyl (C=O) groups is 1. The first-order chi connectivity index (χ1) is 8.13. The molecule has 0 aliphatic heterocycles. The monoisotopic (exact) mass is 367 g/mol. The van der Waals surface area contributed by atoms with E-state index in [9.17, 15) is 4.79 Å².